The minimum atomic E-state index is -4.92. The molecule has 0 radical (unpaired) electrons. The minimum absolute atomic E-state index is 0.0294. The average molecular weight is 477 g/mol. The summed E-state index contributed by atoms with van der Waals surface area (Å²) in [5.74, 6) is -1.12. The zero-order valence-electron chi connectivity index (χ0n) is 18.7. The number of carbonyl (C=O) groups is 1. The number of anilines is 1. The van der Waals surface area contributed by atoms with E-state index in [-0.39, 0.29) is 45.1 Å². The molecule has 3 rings (SSSR count). The van der Waals surface area contributed by atoms with Crippen molar-refractivity contribution in [1.29, 1.82) is 5.26 Å². The van der Waals surface area contributed by atoms with Crippen molar-refractivity contribution >= 4 is 27.9 Å². The van der Waals surface area contributed by atoms with Gasteiger partial charge >= 0.3 is 6.18 Å². The van der Waals surface area contributed by atoms with E-state index in [2.05, 4.69) is 10.2 Å². The van der Waals surface area contributed by atoms with E-state index in [4.69, 9.17) is 14.6 Å². The van der Waals surface area contributed by atoms with Crippen LogP contribution in [0.3, 0.4) is 0 Å². The molecule has 1 unspecified atom stereocenters. The van der Waals surface area contributed by atoms with E-state index in [9.17, 15) is 23.2 Å². The molecule has 1 saturated heterocycles. The van der Waals surface area contributed by atoms with Gasteiger partial charge in [-0.1, -0.05) is 24.3 Å². The third-order valence-electron chi connectivity index (χ3n) is 5.33. The number of ether oxygens (including phenoxy) is 2. The van der Waals surface area contributed by atoms with Crippen LogP contribution in [0.15, 0.2) is 42.0 Å². The lowest BCUT2D eigenvalue weighted by Gasteiger charge is -2.16. The molecule has 0 aromatic heterocycles. The number of hydrogen-bond donors (Lipinski definition) is 2. The first-order chi connectivity index (χ1) is 16.3. The van der Waals surface area contributed by atoms with Crippen LogP contribution in [0.25, 0.3) is 16.3 Å². The van der Waals surface area contributed by atoms with Crippen molar-refractivity contribution in [2.24, 2.45) is 0 Å². The van der Waals surface area contributed by atoms with Gasteiger partial charge in [0.25, 0.3) is 5.91 Å². The van der Waals surface area contributed by atoms with Crippen molar-refractivity contribution in [2.75, 3.05) is 51.0 Å². The highest BCUT2D eigenvalue weighted by molar-refractivity contribution is 6.07. The number of aliphatic hydroxyl groups is 1. The Morgan fingerprint density at radius 2 is 1.91 bits per heavy atom. The molecule has 0 aliphatic carbocycles. The van der Waals surface area contributed by atoms with Crippen LogP contribution in [-0.4, -0.2) is 69.4 Å². The molecule has 2 aromatic rings. The number of halogens is 3. The van der Waals surface area contributed by atoms with Crippen molar-refractivity contribution in [1.82, 2.24) is 5.32 Å². The number of alkyl halides is 3. The van der Waals surface area contributed by atoms with Crippen molar-refractivity contribution in [2.45, 2.75) is 19.1 Å². The van der Waals surface area contributed by atoms with Gasteiger partial charge in [-0.3, -0.25) is 4.79 Å². The van der Waals surface area contributed by atoms with Crippen LogP contribution in [0.2, 0.25) is 0 Å². The summed E-state index contributed by atoms with van der Waals surface area (Å²) in [6.07, 6.45) is -4.92. The second-order valence-electron chi connectivity index (χ2n) is 7.78. The SMILES string of the molecule is CC1CN1c1cccc2ccc(/C(=C(\C#N)C(=O)NCCOCCOCCO)C(F)(F)F)cc12. The highest BCUT2D eigenvalue weighted by atomic mass is 19.4. The van der Waals surface area contributed by atoms with Crippen LogP contribution < -0.4 is 10.2 Å². The van der Waals surface area contributed by atoms with Crippen molar-refractivity contribution in [3.63, 3.8) is 0 Å². The maximum absolute atomic E-state index is 14.1. The Hall–Kier alpha value is -3.13. The minimum Gasteiger partial charge on any atom is -0.394 e. The maximum Gasteiger partial charge on any atom is 0.418 e. The van der Waals surface area contributed by atoms with Crippen molar-refractivity contribution in [3.8, 4) is 6.07 Å². The summed E-state index contributed by atoms with van der Waals surface area (Å²) >= 11 is 0. The fourth-order valence-electron chi connectivity index (χ4n) is 3.62. The summed E-state index contributed by atoms with van der Waals surface area (Å²) in [5, 5.41) is 21.8. The van der Waals surface area contributed by atoms with Crippen molar-refractivity contribution < 1.29 is 32.5 Å². The van der Waals surface area contributed by atoms with Gasteiger partial charge in [0.2, 0.25) is 0 Å². The number of nitrogens with one attached hydrogen (secondary N) is 1. The van der Waals surface area contributed by atoms with Gasteiger partial charge in [0.05, 0.1) is 38.6 Å². The van der Waals surface area contributed by atoms with E-state index in [1.165, 1.54) is 18.2 Å². The molecule has 34 heavy (non-hydrogen) atoms. The van der Waals surface area contributed by atoms with Gasteiger partial charge in [-0.05, 0) is 30.0 Å². The maximum atomic E-state index is 14.1. The predicted octanol–water partition coefficient (Wildman–Crippen LogP) is 3.03. The van der Waals surface area contributed by atoms with Crippen LogP contribution in [0, 0.1) is 11.3 Å². The van der Waals surface area contributed by atoms with Gasteiger partial charge < -0.3 is 24.8 Å². The second kappa shape index (κ2) is 11.3. The lowest BCUT2D eigenvalue weighted by atomic mass is 9.96. The van der Waals surface area contributed by atoms with Gasteiger partial charge in [-0.2, -0.15) is 18.4 Å². The number of rotatable bonds is 11. The summed E-state index contributed by atoms with van der Waals surface area (Å²) in [6.45, 7) is 3.27. The quantitative estimate of drug-likeness (QED) is 0.224. The molecule has 0 spiro atoms. The number of aliphatic hydroxyl groups excluding tert-OH is 1. The van der Waals surface area contributed by atoms with Gasteiger partial charge in [0.15, 0.2) is 0 Å². The Morgan fingerprint density at radius 3 is 2.53 bits per heavy atom. The van der Waals surface area contributed by atoms with Crippen molar-refractivity contribution in [3.05, 3.63) is 47.5 Å². The summed E-state index contributed by atoms with van der Waals surface area (Å²) < 4.78 is 52.4. The first-order valence-corrected chi connectivity index (χ1v) is 10.8. The summed E-state index contributed by atoms with van der Waals surface area (Å²) in [4.78, 5) is 14.6. The van der Waals surface area contributed by atoms with E-state index >= 15 is 0 Å². The number of fused-ring (bicyclic) bond motifs is 1. The fourth-order valence-corrected chi connectivity index (χ4v) is 3.62. The van der Waals surface area contributed by atoms with Gasteiger partial charge in [-0.15, -0.1) is 0 Å². The Labute approximate surface area is 195 Å². The van der Waals surface area contributed by atoms with Crippen LogP contribution in [0.1, 0.15) is 12.5 Å². The molecule has 1 aliphatic rings. The molecule has 1 amide bonds. The standard InChI is InChI=1S/C24H26F3N3O4/c1-16-15-30(16)21-4-2-3-17-5-6-18(13-19(17)21)22(24(25,26)27)20(14-28)23(32)29-7-9-33-11-12-34-10-8-31/h2-6,13,16,31H,7-12,15H2,1H3,(H,29,32)/b22-20-. The first kappa shape index (κ1) is 25.5. The smallest absolute Gasteiger partial charge is 0.394 e. The number of carbonyl (C=O) groups excluding carboxylic acids is 1. The van der Waals surface area contributed by atoms with Gasteiger partial charge in [0.1, 0.15) is 11.6 Å². The predicted molar refractivity (Wildman–Crippen MR) is 121 cm³/mol. The zero-order chi connectivity index (χ0) is 24.7. The van der Waals surface area contributed by atoms with E-state index in [0.29, 0.717) is 11.4 Å². The molecule has 2 N–H and O–H groups in total. The molecule has 0 saturated carbocycles. The monoisotopic (exact) mass is 477 g/mol. The normalized spacial score (nSPS) is 16.2. The fraction of sp³-hybridized carbons (Fsp3) is 0.417. The Kier molecular flexibility index (Phi) is 8.50. The number of benzene rings is 2. The Morgan fingerprint density at radius 1 is 1.21 bits per heavy atom. The molecule has 182 valence electrons. The van der Waals surface area contributed by atoms with Crippen LogP contribution in [-0.2, 0) is 14.3 Å². The van der Waals surface area contributed by atoms with Gasteiger partial charge in [-0.25, -0.2) is 0 Å². The van der Waals surface area contributed by atoms with Gasteiger partial charge in [0, 0.05) is 30.2 Å². The molecule has 1 fully saturated rings. The second-order valence-corrected chi connectivity index (χ2v) is 7.78. The van der Waals surface area contributed by atoms with E-state index in [1.807, 2.05) is 19.1 Å². The summed E-state index contributed by atoms with van der Waals surface area (Å²) in [6, 6.07) is 11.5. The molecule has 10 heteroatoms. The van der Waals surface area contributed by atoms with E-state index in [0.717, 1.165) is 17.6 Å². The Balaban J connectivity index is 1.82. The lowest BCUT2D eigenvalue weighted by Crippen LogP contribution is -2.30. The van der Waals surface area contributed by atoms with E-state index in [1.54, 1.807) is 12.1 Å². The summed E-state index contributed by atoms with van der Waals surface area (Å²) in [7, 11) is 0. The van der Waals surface area contributed by atoms with Crippen LogP contribution in [0.5, 0.6) is 0 Å². The van der Waals surface area contributed by atoms with E-state index < -0.39 is 23.2 Å². The highest BCUT2D eigenvalue weighted by Crippen LogP contribution is 2.40. The summed E-state index contributed by atoms with van der Waals surface area (Å²) in [5.41, 5.74) is -1.71. The highest BCUT2D eigenvalue weighted by Gasteiger charge is 2.40. The molecular formula is C24H26F3N3O4. The molecule has 1 heterocycles. The first-order valence-electron chi connectivity index (χ1n) is 10.8. The molecule has 7 nitrogen and oxygen atoms in total. The zero-order valence-corrected chi connectivity index (χ0v) is 18.7. The number of allylic oxidation sites excluding steroid dienone is 1. The molecular weight excluding hydrogens is 451 g/mol. The lowest BCUT2D eigenvalue weighted by molar-refractivity contribution is -0.117. The number of amides is 1. The van der Waals surface area contributed by atoms with Crippen LogP contribution >= 0.6 is 0 Å². The number of hydrogen-bond acceptors (Lipinski definition) is 6. The molecule has 0 bridgehead atoms. The average Bonchev–Trinajstić information content (AvgIpc) is 3.53. The molecule has 1 aliphatic heterocycles. The Bertz CT molecular complexity index is 1100. The molecule has 2 aromatic carbocycles. The third kappa shape index (κ3) is 6.26. The largest absolute Gasteiger partial charge is 0.418 e. The number of nitrogens with zero attached hydrogens (tertiary/aromatic N) is 2. The van der Waals surface area contributed by atoms with Crippen LogP contribution in [0.4, 0.5) is 18.9 Å². The number of nitriles is 1. The molecule has 1 atom stereocenters. The third-order valence-corrected chi connectivity index (χ3v) is 5.33. The topological polar surface area (TPSA) is 94.6 Å².